The molecule has 96 valence electrons. The van der Waals surface area contributed by atoms with E-state index in [0.29, 0.717) is 5.69 Å². The fourth-order valence-electron chi connectivity index (χ4n) is 2.13. The number of pyridine rings is 1. The summed E-state index contributed by atoms with van der Waals surface area (Å²) in [7, 11) is 0. The number of hydrogen-bond acceptors (Lipinski definition) is 3. The predicted molar refractivity (Wildman–Crippen MR) is 72.4 cm³/mol. The highest BCUT2D eigenvalue weighted by Crippen LogP contribution is 2.27. The molecule has 1 aliphatic rings. The molecule has 0 radical (unpaired) electrons. The summed E-state index contributed by atoms with van der Waals surface area (Å²) in [6, 6.07) is 11.0. The van der Waals surface area contributed by atoms with Crippen LogP contribution in [0.5, 0.6) is 5.75 Å². The van der Waals surface area contributed by atoms with Gasteiger partial charge in [-0.1, -0.05) is 6.07 Å². The standard InChI is InChI=1S/C15H14N2O2/c18-15(13-5-1-2-8-16-13)17-12-6-7-14-11(10-12)4-3-9-19-14/h1-2,5-8,10H,3-4,9H2,(H,17,18). The molecule has 19 heavy (non-hydrogen) atoms. The number of nitrogens with zero attached hydrogens (tertiary/aromatic N) is 1. The van der Waals surface area contributed by atoms with Gasteiger partial charge in [0.2, 0.25) is 0 Å². The maximum atomic E-state index is 12.0. The minimum atomic E-state index is -0.197. The third kappa shape index (κ3) is 2.57. The fourth-order valence-corrected chi connectivity index (χ4v) is 2.13. The predicted octanol–water partition coefficient (Wildman–Crippen LogP) is 2.66. The molecule has 2 heterocycles. The van der Waals surface area contributed by atoms with Crippen LogP contribution in [0, 0.1) is 0 Å². The SMILES string of the molecule is O=C(Nc1ccc2c(c1)CCCO2)c1ccccn1. The second-order valence-corrected chi connectivity index (χ2v) is 4.44. The van der Waals surface area contributed by atoms with Crippen LogP contribution in [-0.4, -0.2) is 17.5 Å². The molecule has 0 spiro atoms. The van der Waals surface area contributed by atoms with Crippen molar-refractivity contribution in [2.24, 2.45) is 0 Å². The van der Waals surface area contributed by atoms with E-state index in [2.05, 4.69) is 10.3 Å². The second-order valence-electron chi connectivity index (χ2n) is 4.44. The van der Waals surface area contributed by atoms with Crippen molar-refractivity contribution in [2.45, 2.75) is 12.8 Å². The number of amides is 1. The number of aromatic nitrogens is 1. The Hall–Kier alpha value is -2.36. The Kier molecular flexibility index (Phi) is 3.14. The van der Waals surface area contributed by atoms with Gasteiger partial charge in [-0.15, -0.1) is 0 Å². The number of carbonyl (C=O) groups is 1. The number of nitrogens with one attached hydrogen (secondary N) is 1. The lowest BCUT2D eigenvalue weighted by atomic mass is 10.1. The summed E-state index contributed by atoms with van der Waals surface area (Å²) in [5.41, 5.74) is 2.33. The number of carbonyl (C=O) groups excluding carboxylic acids is 1. The van der Waals surface area contributed by atoms with Gasteiger partial charge in [-0.05, 0) is 48.7 Å². The average Bonchev–Trinajstić information content (AvgIpc) is 2.48. The molecule has 0 atom stereocenters. The summed E-state index contributed by atoms with van der Waals surface area (Å²) in [6.45, 7) is 0.770. The number of benzene rings is 1. The Labute approximate surface area is 111 Å². The molecule has 0 unspecified atom stereocenters. The molecular weight excluding hydrogens is 240 g/mol. The van der Waals surface area contributed by atoms with Gasteiger partial charge in [0.15, 0.2) is 0 Å². The summed E-state index contributed by atoms with van der Waals surface area (Å²) < 4.78 is 5.54. The topological polar surface area (TPSA) is 51.2 Å². The smallest absolute Gasteiger partial charge is 0.274 e. The zero-order chi connectivity index (χ0) is 13.1. The summed E-state index contributed by atoms with van der Waals surface area (Å²) in [5, 5.41) is 2.85. The molecule has 4 nitrogen and oxygen atoms in total. The van der Waals surface area contributed by atoms with E-state index in [9.17, 15) is 4.79 Å². The van der Waals surface area contributed by atoms with E-state index in [0.717, 1.165) is 36.4 Å². The number of fused-ring (bicyclic) bond motifs is 1. The van der Waals surface area contributed by atoms with Crippen LogP contribution in [0.25, 0.3) is 0 Å². The Morgan fingerprint density at radius 3 is 3.05 bits per heavy atom. The summed E-state index contributed by atoms with van der Waals surface area (Å²) in [4.78, 5) is 16.0. The van der Waals surface area contributed by atoms with Crippen molar-refractivity contribution in [3.05, 3.63) is 53.9 Å². The Balaban J connectivity index is 1.78. The van der Waals surface area contributed by atoms with Gasteiger partial charge in [-0.25, -0.2) is 0 Å². The summed E-state index contributed by atoms with van der Waals surface area (Å²) in [6.07, 6.45) is 3.61. The van der Waals surface area contributed by atoms with Crippen LogP contribution in [0.2, 0.25) is 0 Å². The summed E-state index contributed by atoms with van der Waals surface area (Å²) in [5.74, 6) is 0.722. The highest BCUT2D eigenvalue weighted by atomic mass is 16.5. The van der Waals surface area contributed by atoms with E-state index in [-0.39, 0.29) is 5.91 Å². The lowest BCUT2D eigenvalue weighted by Gasteiger charge is -2.18. The number of anilines is 1. The molecular formula is C15H14N2O2. The normalized spacial score (nSPS) is 13.3. The highest BCUT2D eigenvalue weighted by Gasteiger charge is 2.12. The molecule has 0 saturated carbocycles. The van der Waals surface area contributed by atoms with Crippen LogP contribution in [0.3, 0.4) is 0 Å². The van der Waals surface area contributed by atoms with Gasteiger partial charge in [-0.3, -0.25) is 9.78 Å². The van der Waals surface area contributed by atoms with E-state index in [1.165, 1.54) is 0 Å². The number of ether oxygens (including phenoxy) is 1. The van der Waals surface area contributed by atoms with Crippen LogP contribution in [0.15, 0.2) is 42.6 Å². The van der Waals surface area contributed by atoms with Crippen molar-refractivity contribution >= 4 is 11.6 Å². The van der Waals surface area contributed by atoms with E-state index >= 15 is 0 Å². The quantitative estimate of drug-likeness (QED) is 0.896. The van der Waals surface area contributed by atoms with E-state index in [1.54, 1.807) is 24.4 Å². The van der Waals surface area contributed by atoms with Crippen LogP contribution in [0.1, 0.15) is 22.5 Å². The van der Waals surface area contributed by atoms with Gasteiger partial charge in [0.25, 0.3) is 5.91 Å². The first-order chi connectivity index (χ1) is 9.33. The average molecular weight is 254 g/mol. The molecule has 0 fully saturated rings. The van der Waals surface area contributed by atoms with Crippen LogP contribution >= 0.6 is 0 Å². The molecule has 1 N–H and O–H groups in total. The van der Waals surface area contributed by atoms with Crippen molar-refractivity contribution in [1.82, 2.24) is 4.98 Å². The monoisotopic (exact) mass is 254 g/mol. The van der Waals surface area contributed by atoms with Crippen molar-refractivity contribution < 1.29 is 9.53 Å². The minimum Gasteiger partial charge on any atom is -0.493 e. The van der Waals surface area contributed by atoms with Gasteiger partial charge in [0, 0.05) is 11.9 Å². The van der Waals surface area contributed by atoms with Crippen LogP contribution < -0.4 is 10.1 Å². The Morgan fingerprint density at radius 2 is 2.21 bits per heavy atom. The number of aryl methyl sites for hydroxylation is 1. The molecule has 3 rings (SSSR count). The Morgan fingerprint density at radius 1 is 1.26 bits per heavy atom. The van der Waals surface area contributed by atoms with Crippen molar-refractivity contribution in [2.75, 3.05) is 11.9 Å². The third-order valence-corrected chi connectivity index (χ3v) is 3.06. The Bertz CT molecular complexity index is 596. The van der Waals surface area contributed by atoms with Crippen molar-refractivity contribution in [3.8, 4) is 5.75 Å². The lowest BCUT2D eigenvalue weighted by molar-refractivity contribution is 0.102. The zero-order valence-corrected chi connectivity index (χ0v) is 10.4. The van der Waals surface area contributed by atoms with Gasteiger partial charge < -0.3 is 10.1 Å². The molecule has 0 saturated heterocycles. The van der Waals surface area contributed by atoms with E-state index in [1.807, 2.05) is 18.2 Å². The molecule has 2 aromatic rings. The number of rotatable bonds is 2. The molecule has 1 aromatic carbocycles. The lowest BCUT2D eigenvalue weighted by Crippen LogP contribution is -2.14. The van der Waals surface area contributed by atoms with Crippen molar-refractivity contribution in [1.29, 1.82) is 0 Å². The highest BCUT2D eigenvalue weighted by molar-refractivity contribution is 6.02. The summed E-state index contributed by atoms with van der Waals surface area (Å²) >= 11 is 0. The van der Waals surface area contributed by atoms with Gasteiger partial charge in [0.1, 0.15) is 11.4 Å². The molecule has 1 amide bonds. The third-order valence-electron chi connectivity index (χ3n) is 3.06. The first-order valence-corrected chi connectivity index (χ1v) is 6.31. The van der Waals surface area contributed by atoms with Crippen molar-refractivity contribution in [3.63, 3.8) is 0 Å². The zero-order valence-electron chi connectivity index (χ0n) is 10.4. The van der Waals surface area contributed by atoms with E-state index in [4.69, 9.17) is 4.74 Å². The van der Waals surface area contributed by atoms with E-state index < -0.39 is 0 Å². The number of hydrogen-bond donors (Lipinski definition) is 1. The molecule has 0 bridgehead atoms. The molecule has 1 aliphatic heterocycles. The van der Waals surface area contributed by atoms with Gasteiger partial charge in [0.05, 0.1) is 6.61 Å². The minimum absolute atomic E-state index is 0.197. The fraction of sp³-hybridized carbons (Fsp3) is 0.200. The molecule has 4 heteroatoms. The largest absolute Gasteiger partial charge is 0.493 e. The van der Waals surface area contributed by atoms with Gasteiger partial charge >= 0.3 is 0 Å². The maximum Gasteiger partial charge on any atom is 0.274 e. The van der Waals surface area contributed by atoms with Crippen LogP contribution in [-0.2, 0) is 6.42 Å². The molecule has 1 aromatic heterocycles. The van der Waals surface area contributed by atoms with Gasteiger partial charge in [-0.2, -0.15) is 0 Å². The molecule has 0 aliphatic carbocycles. The first kappa shape index (κ1) is 11.7. The second kappa shape index (κ2) is 5.10. The first-order valence-electron chi connectivity index (χ1n) is 6.31. The maximum absolute atomic E-state index is 12.0. The van der Waals surface area contributed by atoms with Crippen LogP contribution in [0.4, 0.5) is 5.69 Å².